The SMILES string of the molecule is C=CCCC1CCC(C(C)(C)C2C3CC(C(C)(C)C)CCC3C3CCC(C(C)(C)C)CC32)C1. The maximum absolute atomic E-state index is 4.00. The molecule has 0 amide bonds. The smallest absolute Gasteiger partial charge is 0.0292 e. The Labute approximate surface area is 208 Å². The molecule has 33 heavy (non-hydrogen) atoms. The molecule has 8 unspecified atom stereocenters. The van der Waals surface area contributed by atoms with E-state index in [4.69, 9.17) is 0 Å². The molecular formula is C33H58. The Kier molecular flexibility index (Phi) is 7.29. The Bertz CT molecular complexity index is 631. The lowest BCUT2D eigenvalue weighted by molar-refractivity contribution is -0.00179. The summed E-state index contributed by atoms with van der Waals surface area (Å²) in [4.78, 5) is 0. The molecule has 0 nitrogen and oxygen atoms in total. The van der Waals surface area contributed by atoms with Crippen LogP contribution in [0.3, 0.4) is 0 Å². The molecule has 0 bridgehead atoms. The van der Waals surface area contributed by atoms with Crippen molar-refractivity contribution < 1.29 is 0 Å². The molecule has 0 heteroatoms. The second-order valence-corrected chi connectivity index (χ2v) is 16.0. The van der Waals surface area contributed by atoms with Crippen LogP contribution in [-0.4, -0.2) is 0 Å². The zero-order valence-electron chi connectivity index (χ0n) is 23.8. The summed E-state index contributed by atoms with van der Waals surface area (Å²) in [6, 6.07) is 0. The average Bonchev–Trinajstić information content (AvgIpc) is 3.33. The van der Waals surface area contributed by atoms with Crippen molar-refractivity contribution in [3.8, 4) is 0 Å². The van der Waals surface area contributed by atoms with Gasteiger partial charge in [-0.1, -0.05) is 67.9 Å². The molecule has 0 spiro atoms. The summed E-state index contributed by atoms with van der Waals surface area (Å²) in [5, 5.41) is 0. The largest absolute Gasteiger partial charge is 0.103 e. The first-order valence-electron chi connectivity index (χ1n) is 14.9. The number of rotatable bonds is 5. The van der Waals surface area contributed by atoms with Gasteiger partial charge in [-0.25, -0.2) is 0 Å². The predicted molar refractivity (Wildman–Crippen MR) is 145 cm³/mol. The first-order chi connectivity index (χ1) is 15.3. The third kappa shape index (κ3) is 5.03. The van der Waals surface area contributed by atoms with Crippen LogP contribution in [0.5, 0.6) is 0 Å². The molecule has 4 saturated carbocycles. The normalized spacial score (nSPS) is 42.1. The molecule has 4 fully saturated rings. The van der Waals surface area contributed by atoms with Crippen molar-refractivity contribution in [3.05, 3.63) is 12.7 Å². The lowest BCUT2D eigenvalue weighted by atomic mass is 9.56. The summed E-state index contributed by atoms with van der Waals surface area (Å²) < 4.78 is 0. The van der Waals surface area contributed by atoms with E-state index in [2.05, 4.69) is 68.0 Å². The van der Waals surface area contributed by atoms with Gasteiger partial charge in [-0.2, -0.15) is 0 Å². The Morgan fingerprint density at radius 2 is 1.09 bits per heavy atom. The Hall–Kier alpha value is -0.260. The zero-order valence-corrected chi connectivity index (χ0v) is 23.8. The van der Waals surface area contributed by atoms with Crippen molar-refractivity contribution in [2.45, 2.75) is 126 Å². The van der Waals surface area contributed by atoms with Crippen molar-refractivity contribution in [1.29, 1.82) is 0 Å². The summed E-state index contributed by atoms with van der Waals surface area (Å²) in [6.07, 6.45) is 18.3. The lowest BCUT2D eigenvalue weighted by Gasteiger charge is -2.49. The van der Waals surface area contributed by atoms with Gasteiger partial charge in [0, 0.05) is 0 Å². The van der Waals surface area contributed by atoms with E-state index >= 15 is 0 Å². The maximum atomic E-state index is 4.00. The molecule has 0 heterocycles. The molecule has 0 aromatic carbocycles. The van der Waals surface area contributed by atoms with Gasteiger partial charge in [0.1, 0.15) is 0 Å². The molecule has 190 valence electrons. The van der Waals surface area contributed by atoms with Crippen molar-refractivity contribution in [2.24, 2.45) is 69.5 Å². The summed E-state index contributed by atoms with van der Waals surface area (Å²) in [7, 11) is 0. The van der Waals surface area contributed by atoms with Gasteiger partial charge in [-0.05, 0) is 134 Å². The standard InChI is InChI=1S/C33H58/c1-10-11-12-22-13-14-25(19-22)33(8,9)30-28-20-23(31(2,3)4)15-17-26(28)27-18-16-24(21-29(27)30)32(5,6)7/h10,22-30H,1,11-21H2,2-9H3. The van der Waals surface area contributed by atoms with Crippen LogP contribution in [-0.2, 0) is 0 Å². The Morgan fingerprint density at radius 1 is 0.606 bits per heavy atom. The molecule has 0 saturated heterocycles. The average molecular weight is 455 g/mol. The van der Waals surface area contributed by atoms with Gasteiger partial charge in [-0.3, -0.25) is 0 Å². The molecule has 4 aliphatic carbocycles. The van der Waals surface area contributed by atoms with E-state index in [1.54, 1.807) is 0 Å². The molecule has 0 radical (unpaired) electrons. The van der Waals surface area contributed by atoms with Gasteiger partial charge in [0.2, 0.25) is 0 Å². The van der Waals surface area contributed by atoms with Crippen molar-refractivity contribution in [3.63, 3.8) is 0 Å². The molecule has 4 aliphatic rings. The maximum Gasteiger partial charge on any atom is -0.0292 e. The van der Waals surface area contributed by atoms with Gasteiger partial charge in [0.25, 0.3) is 0 Å². The summed E-state index contributed by atoms with van der Waals surface area (Å²) in [6.45, 7) is 24.6. The minimum Gasteiger partial charge on any atom is -0.103 e. The van der Waals surface area contributed by atoms with Gasteiger partial charge in [-0.15, -0.1) is 6.58 Å². The van der Waals surface area contributed by atoms with Crippen LogP contribution < -0.4 is 0 Å². The van der Waals surface area contributed by atoms with Gasteiger partial charge >= 0.3 is 0 Å². The van der Waals surface area contributed by atoms with E-state index in [1.807, 2.05) is 0 Å². The van der Waals surface area contributed by atoms with Gasteiger partial charge in [0.15, 0.2) is 0 Å². The second kappa shape index (κ2) is 9.32. The van der Waals surface area contributed by atoms with E-state index in [0.29, 0.717) is 16.2 Å². The highest BCUT2D eigenvalue weighted by molar-refractivity contribution is 5.08. The van der Waals surface area contributed by atoms with Crippen LogP contribution in [0.2, 0.25) is 0 Å². The molecule has 0 N–H and O–H groups in total. The predicted octanol–water partition coefficient (Wildman–Crippen LogP) is 10.2. The van der Waals surface area contributed by atoms with Crippen molar-refractivity contribution in [1.82, 2.24) is 0 Å². The van der Waals surface area contributed by atoms with Crippen LogP contribution in [0.1, 0.15) is 126 Å². The van der Waals surface area contributed by atoms with Crippen LogP contribution in [0.4, 0.5) is 0 Å². The molecular weight excluding hydrogens is 396 g/mol. The fourth-order valence-electron chi connectivity index (χ4n) is 9.98. The lowest BCUT2D eigenvalue weighted by Crippen LogP contribution is -2.42. The first-order valence-corrected chi connectivity index (χ1v) is 14.9. The summed E-state index contributed by atoms with van der Waals surface area (Å²) in [5.74, 6) is 8.81. The Morgan fingerprint density at radius 3 is 1.55 bits per heavy atom. The van der Waals surface area contributed by atoms with E-state index in [-0.39, 0.29) is 0 Å². The van der Waals surface area contributed by atoms with Crippen LogP contribution in [0.15, 0.2) is 12.7 Å². The van der Waals surface area contributed by atoms with Gasteiger partial charge in [0.05, 0.1) is 0 Å². The highest BCUT2D eigenvalue weighted by Gasteiger charge is 2.60. The fourth-order valence-corrected chi connectivity index (χ4v) is 9.98. The van der Waals surface area contributed by atoms with Crippen LogP contribution in [0, 0.1) is 69.5 Å². The molecule has 8 atom stereocenters. The van der Waals surface area contributed by atoms with Crippen molar-refractivity contribution in [2.75, 3.05) is 0 Å². The van der Waals surface area contributed by atoms with Crippen LogP contribution >= 0.6 is 0 Å². The third-order valence-corrected chi connectivity index (χ3v) is 12.1. The fraction of sp³-hybridized carbons (Fsp3) is 0.939. The van der Waals surface area contributed by atoms with E-state index in [1.165, 1.54) is 70.6 Å². The Balaban J connectivity index is 1.62. The highest BCUT2D eigenvalue weighted by Crippen LogP contribution is 2.67. The summed E-state index contributed by atoms with van der Waals surface area (Å²) >= 11 is 0. The minimum absolute atomic E-state index is 0.477. The molecule has 0 aromatic heterocycles. The third-order valence-electron chi connectivity index (χ3n) is 12.1. The quantitative estimate of drug-likeness (QED) is 0.362. The van der Waals surface area contributed by atoms with E-state index < -0.39 is 0 Å². The first kappa shape index (κ1) is 25.8. The van der Waals surface area contributed by atoms with Crippen molar-refractivity contribution >= 4 is 0 Å². The molecule has 4 rings (SSSR count). The number of hydrogen-bond acceptors (Lipinski definition) is 0. The minimum atomic E-state index is 0.477. The van der Waals surface area contributed by atoms with E-state index in [9.17, 15) is 0 Å². The number of hydrogen-bond donors (Lipinski definition) is 0. The molecule has 0 aromatic rings. The van der Waals surface area contributed by atoms with E-state index in [0.717, 1.165) is 53.3 Å². The van der Waals surface area contributed by atoms with Crippen LogP contribution in [0.25, 0.3) is 0 Å². The second-order valence-electron chi connectivity index (χ2n) is 16.0. The summed E-state index contributed by atoms with van der Waals surface area (Å²) in [5.41, 5.74) is 1.46. The topological polar surface area (TPSA) is 0 Å². The monoisotopic (exact) mass is 454 g/mol. The number of allylic oxidation sites excluding steroid dienone is 1. The number of fused-ring (bicyclic) bond motifs is 3. The highest BCUT2D eigenvalue weighted by atomic mass is 14.6. The molecule has 0 aliphatic heterocycles. The zero-order chi connectivity index (χ0) is 24.2. The van der Waals surface area contributed by atoms with Gasteiger partial charge < -0.3 is 0 Å².